The molecule has 1 heterocycles. The molecule has 1 saturated heterocycles. The number of ether oxygens (including phenoxy) is 1. The molecule has 0 saturated carbocycles. The molecule has 6 heteroatoms. The zero-order valence-electron chi connectivity index (χ0n) is 8.79. The van der Waals surface area contributed by atoms with Crippen molar-refractivity contribution in [3.63, 3.8) is 0 Å². The molecule has 2 amide bonds. The van der Waals surface area contributed by atoms with E-state index in [1.807, 2.05) is 6.92 Å². The normalized spacial score (nSPS) is 24.9. The van der Waals surface area contributed by atoms with Crippen molar-refractivity contribution in [2.45, 2.75) is 6.92 Å². The van der Waals surface area contributed by atoms with Gasteiger partial charge in [0.15, 0.2) is 0 Å². The lowest BCUT2D eigenvalue weighted by Crippen LogP contribution is -2.36. The number of amides is 2. The molecule has 1 aliphatic rings. The number of carbonyl (C=O) groups is 2. The molecular formula is C9H17N3O3. The number of nitrogens with two attached hydrogens (primary N) is 1. The highest BCUT2D eigenvalue weighted by Gasteiger charge is 2.28. The molecule has 0 aliphatic carbocycles. The summed E-state index contributed by atoms with van der Waals surface area (Å²) < 4.78 is 4.49. The van der Waals surface area contributed by atoms with Gasteiger partial charge in [-0.05, 0) is 12.5 Å². The first kappa shape index (κ1) is 11.8. The number of hydrogen-bond acceptors (Lipinski definition) is 4. The van der Waals surface area contributed by atoms with Crippen LogP contribution in [0.15, 0.2) is 0 Å². The molecule has 1 rings (SSSR count). The predicted molar refractivity (Wildman–Crippen MR) is 54.1 cm³/mol. The Morgan fingerprint density at radius 2 is 2.27 bits per heavy atom. The third kappa shape index (κ3) is 3.75. The molecule has 0 radical (unpaired) electrons. The summed E-state index contributed by atoms with van der Waals surface area (Å²) in [7, 11) is 0. The Hall–Kier alpha value is -1.30. The van der Waals surface area contributed by atoms with Crippen molar-refractivity contribution in [3.8, 4) is 0 Å². The Morgan fingerprint density at radius 1 is 1.53 bits per heavy atom. The summed E-state index contributed by atoms with van der Waals surface area (Å²) >= 11 is 0. The Bertz CT molecular complexity index is 245. The van der Waals surface area contributed by atoms with E-state index in [1.54, 1.807) is 0 Å². The van der Waals surface area contributed by atoms with Gasteiger partial charge in [-0.1, -0.05) is 6.92 Å². The van der Waals surface area contributed by atoms with Crippen molar-refractivity contribution < 1.29 is 14.3 Å². The van der Waals surface area contributed by atoms with E-state index in [-0.39, 0.29) is 18.4 Å². The first-order valence-electron chi connectivity index (χ1n) is 5.02. The maximum absolute atomic E-state index is 11.6. The lowest BCUT2D eigenvalue weighted by Gasteiger charge is -2.13. The molecule has 0 spiro atoms. The fraction of sp³-hybridized carbons (Fsp3) is 0.778. The van der Waals surface area contributed by atoms with E-state index in [1.165, 1.54) is 0 Å². The second-order valence-corrected chi connectivity index (χ2v) is 3.70. The molecule has 2 atom stereocenters. The van der Waals surface area contributed by atoms with Crippen molar-refractivity contribution >= 4 is 12.0 Å². The van der Waals surface area contributed by atoms with Crippen LogP contribution in [0.2, 0.25) is 0 Å². The van der Waals surface area contributed by atoms with E-state index in [4.69, 9.17) is 5.73 Å². The minimum Gasteiger partial charge on any atom is -0.448 e. The summed E-state index contributed by atoms with van der Waals surface area (Å²) in [4.78, 5) is 21.8. The van der Waals surface area contributed by atoms with Gasteiger partial charge in [0.1, 0.15) is 6.61 Å². The van der Waals surface area contributed by atoms with Crippen molar-refractivity contribution in [2.24, 2.45) is 17.6 Å². The Labute approximate surface area is 88.5 Å². The van der Waals surface area contributed by atoms with Crippen LogP contribution in [-0.4, -0.2) is 38.2 Å². The maximum atomic E-state index is 11.6. The number of primary amides is 1. The van der Waals surface area contributed by atoms with Gasteiger partial charge >= 0.3 is 6.09 Å². The monoisotopic (exact) mass is 215 g/mol. The fourth-order valence-corrected chi connectivity index (χ4v) is 1.62. The summed E-state index contributed by atoms with van der Waals surface area (Å²) in [6.07, 6.45) is -0.819. The first-order valence-corrected chi connectivity index (χ1v) is 5.02. The highest BCUT2D eigenvalue weighted by Crippen LogP contribution is 2.15. The molecule has 0 aromatic carbocycles. The van der Waals surface area contributed by atoms with Gasteiger partial charge in [-0.2, -0.15) is 0 Å². The lowest BCUT2D eigenvalue weighted by molar-refractivity contribution is -0.125. The molecule has 6 nitrogen and oxygen atoms in total. The van der Waals surface area contributed by atoms with Crippen LogP contribution >= 0.6 is 0 Å². The molecule has 0 unspecified atom stereocenters. The Kier molecular flexibility index (Phi) is 4.36. The van der Waals surface area contributed by atoms with Crippen LogP contribution in [0.25, 0.3) is 0 Å². The van der Waals surface area contributed by atoms with E-state index >= 15 is 0 Å². The Morgan fingerprint density at radius 3 is 2.80 bits per heavy atom. The third-order valence-corrected chi connectivity index (χ3v) is 2.50. The standard InChI is InChI=1S/C9H17N3O3/c1-6-4-11-5-7(6)8(13)12-2-3-15-9(10)14/h6-7,11H,2-5H2,1H3,(H2,10,14)(H,12,13)/t6-,7-/m1/s1. The van der Waals surface area contributed by atoms with Gasteiger partial charge in [0.2, 0.25) is 5.91 Å². The molecule has 4 N–H and O–H groups in total. The van der Waals surface area contributed by atoms with E-state index < -0.39 is 6.09 Å². The molecule has 1 aliphatic heterocycles. The van der Waals surface area contributed by atoms with Crippen LogP contribution < -0.4 is 16.4 Å². The number of hydrogen-bond donors (Lipinski definition) is 3. The van der Waals surface area contributed by atoms with Crippen LogP contribution in [0.1, 0.15) is 6.92 Å². The number of nitrogens with one attached hydrogen (secondary N) is 2. The smallest absolute Gasteiger partial charge is 0.404 e. The first-order chi connectivity index (χ1) is 7.11. The molecule has 0 bridgehead atoms. The van der Waals surface area contributed by atoms with E-state index in [9.17, 15) is 9.59 Å². The summed E-state index contributed by atoms with van der Waals surface area (Å²) in [5.74, 6) is 0.362. The Balaban J connectivity index is 2.15. The number of rotatable bonds is 4. The minimum absolute atomic E-state index is 0.000528. The van der Waals surface area contributed by atoms with E-state index in [2.05, 4.69) is 15.4 Å². The fourth-order valence-electron chi connectivity index (χ4n) is 1.62. The van der Waals surface area contributed by atoms with Gasteiger partial charge < -0.3 is 21.1 Å². The van der Waals surface area contributed by atoms with Crippen LogP contribution in [0.3, 0.4) is 0 Å². The average molecular weight is 215 g/mol. The van der Waals surface area contributed by atoms with Crippen LogP contribution in [0.5, 0.6) is 0 Å². The van der Waals surface area contributed by atoms with Crippen LogP contribution in [0.4, 0.5) is 4.79 Å². The van der Waals surface area contributed by atoms with Gasteiger partial charge in [0.25, 0.3) is 0 Å². The highest BCUT2D eigenvalue weighted by atomic mass is 16.5. The molecule has 0 aromatic rings. The van der Waals surface area contributed by atoms with Crippen LogP contribution in [0, 0.1) is 11.8 Å². The molecule has 15 heavy (non-hydrogen) atoms. The third-order valence-electron chi connectivity index (χ3n) is 2.50. The quantitative estimate of drug-likeness (QED) is 0.527. The average Bonchev–Trinajstić information content (AvgIpc) is 2.58. The number of carbonyl (C=O) groups excluding carboxylic acids is 2. The van der Waals surface area contributed by atoms with Gasteiger partial charge in [0.05, 0.1) is 12.5 Å². The van der Waals surface area contributed by atoms with Gasteiger partial charge in [-0.3, -0.25) is 4.79 Å². The molecular weight excluding hydrogens is 198 g/mol. The lowest BCUT2D eigenvalue weighted by atomic mass is 9.97. The zero-order valence-corrected chi connectivity index (χ0v) is 8.79. The van der Waals surface area contributed by atoms with Crippen molar-refractivity contribution in [2.75, 3.05) is 26.2 Å². The van der Waals surface area contributed by atoms with Crippen molar-refractivity contribution in [1.82, 2.24) is 10.6 Å². The highest BCUT2D eigenvalue weighted by molar-refractivity contribution is 5.79. The minimum atomic E-state index is -0.819. The van der Waals surface area contributed by atoms with Gasteiger partial charge in [0, 0.05) is 6.54 Å². The molecule has 1 fully saturated rings. The van der Waals surface area contributed by atoms with Gasteiger partial charge in [-0.25, -0.2) is 4.79 Å². The zero-order chi connectivity index (χ0) is 11.3. The summed E-state index contributed by atoms with van der Waals surface area (Å²) in [5, 5.41) is 5.84. The maximum Gasteiger partial charge on any atom is 0.404 e. The van der Waals surface area contributed by atoms with Crippen LogP contribution in [-0.2, 0) is 9.53 Å². The second-order valence-electron chi connectivity index (χ2n) is 3.70. The molecule has 86 valence electrons. The topological polar surface area (TPSA) is 93.4 Å². The predicted octanol–water partition coefficient (Wildman–Crippen LogP) is -0.947. The summed E-state index contributed by atoms with van der Waals surface area (Å²) in [6, 6.07) is 0. The van der Waals surface area contributed by atoms with Crippen molar-refractivity contribution in [1.29, 1.82) is 0 Å². The largest absolute Gasteiger partial charge is 0.448 e. The summed E-state index contributed by atoms with van der Waals surface area (Å²) in [5.41, 5.74) is 4.77. The van der Waals surface area contributed by atoms with E-state index in [0.717, 1.165) is 6.54 Å². The summed E-state index contributed by atoms with van der Waals surface area (Å²) in [6.45, 7) is 4.05. The van der Waals surface area contributed by atoms with Crippen molar-refractivity contribution in [3.05, 3.63) is 0 Å². The molecule has 0 aromatic heterocycles. The van der Waals surface area contributed by atoms with E-state index in [0.29, 0.717) is 19.0 Å². The SMILES string of the molecule is C[C@@H]1CNC[C@H]1C(=O)NCCOC(N)=O. The van der Waals surface area contributed by atoms with Gasteiger partial charge in [-0.15, -0.1) is 0 Å². The second kappa shape index (κ2) is 5.55.